The largest absolute Gasteiger partial charge is 0.497 e. The van der Waals surface area contributed by atoms with E-state index in [9.17, 15) is 15.2 Å². The van der Waals surface area contributed by atoms with Crippen LogP contribution in [0.5, 0.6) is 17.2 Å². The molecule has 0 bridgehead atoms. The number of thioether (sulfide) groups is 1. The van der Waals surface area contributed by atoms with Crippen molar-refractivity contribution in [2.24, 2.45) is 0 Å². The second kappa shape index (κ2) is 12.3. The number of carboxylic acids is 1. The van der Waals surface area contributed by atoms with Gasteiger partial charge in [-0.2, -0.15) is 5.26 Å². The van der Waals surface area contributed by atoms with Gasteiger partial charge in [0.2, 0.25) is 5.16 Å². The highest BCUT2D eigenvalue weighted by molar-refractivity contribution is 9.10. The molecule has 2 N–H and O–H groups in total. The lowest BCUT2D eigenvalue weighted by atomic mass is 10.1. The van der Waals surface area contributed by atoms with E-state index in [1.807, 2.05) is 12.1 Å². The molecule has 0 fully saturated rings. The van der Waals surface area contributed by atoms with Crippen molar-refractivity contribution in [3.8, 4) is 34.7 Å². The number of carboxylic acid groups (broad SMARTS) is 1. The Labute approximate surface area is 231 Å². The average Bonchev–Trinajstić information content (AvgIpc) is 3.40. The Morgan fingerprint density at radius 2 is 1.87 bits per heavy atom. The van der Waals surface area contributed by atoms with Crippen molar-refractivity contribution in [1.82, 2.24) is 15.2 Å². The van der Waals surface area contributed by atoms with Crippen LogP contribution in [0.2, 0.25) is 0 Å². The third-order valence-electron chi connectivity index (χ3n) is 5.28. The fourth-order valence-electron chi connectivity index (χ4n) is 3.41. The zero-order chi connectivity index (χ0) is 27.1. The zero-order valence-electron chi connectivity index (χ0n) is 20.3. The van der Waals surface area contributed by atoms with Crippen molar-refractivity contribution in [2.75, 3.05) is 14.2 Å². The number of aromatic nitrogens is 3. The van der Waals surface area contributed by atoms with Crippen LogP contribution < -0.4 is 14.2 Å². The van der Waals surface area contributed by atoms with E-state index in [1.165, 1.54) is 6.08 Å². The van der Waals surface area contributed by atoms with Crippen molar-refractivity contribution in [1.29, 1.82) is 5.26 Å². The standard InChI is InChI=1S/C27H21BrN4O5S/c1-35-21-10-19(11-22(13-21)36-2)25-30-27(32-31-25)38-24(26(33)34)12-18-9-20(28)7-8-23(18)37-15-17-6-4-3-5-16(17)14-29/h3-13H,15H2,1-2H3,(H,33,34)(H,30,31,32)/b24-12-. The maximum Gasteiger partial charge on any atom is 0.342 e. The third kappa shape index (κ3) is 6.53. The van der Waals surface area contributed by atoms with Crippen LogP contribution in [0.15, 0.2) is 75.2 Å². The Morgan fingerprint density at radius 1 is 1.13 bits per heavy atom. The molecule has 1 aromatic heterocycles. The molecule has 4 aromatic rings. The van der Waals surface area contributed by atoms with Crippen molar-refractivity contribution in [2.45, 2.75) is 11.8 Å². The lowest BCUT2D eigenvalue weighted by Crippen LogP contribution is -2.01. The quantitative estimate of drug-likeness (QED) is 0.170. The molecule has 11 heteroatoms. The number of aromatic amines is 1. The lowest BCUT2D eigenvalue weighted by Gasteiger charge is -2.11. The van der Waals surface area contributed by atoms with Crippen LogP contribution in [0.4, 0.5) is 0 Å². The number of hydrogen-bond acceptors (Lipinski definition) is 8. The van der Waals surface area contributed by atoms with E-state index in [1.54, 1.807) is 62.8 Å². The highest BCUT2D eigenvalue weighted by Crippen LogP contribution is 2.33. The summed E-state index contributed by atoms with van der Waals surface area (Å²) < 4.78 is 17.3. The van der Waals surface area contributed by atoms with Crippen LogP contribution >= 0.6 is 27.7 Å². The molecular weight excluding hydrogens is 572 g/mol. The number of aliphatic carboxylic acids is 1. The molecule has 1 heterocycles. The molecule has 3 aromatic carbocycles. The van der Waals surface area contributed by atoms with Crippen molar-refractivity contribution in [3.63, 3.8) is 0 Å². The highest BCUT2D eigenvalue weighted by atomic mass is 79.9. The monoisotopic (exact) mass is 592 g/mol. The SMILES string of the molecule is COc1cc(OC)cc(-c2nc(S/C(=C\c3cc(Br)ccc3OCc3ccccc3C#N)C(=O)O)n[nH]2)c1. The fraction of sp³-hybridized carbons (Fsp3) is 0.111. The van der Waals surface area contributed by atoms with Gasteiger partial charge in [0.05, 0.1) is 25.9 Å². The first-order valence-electron chi connectivity index (χ1n) is 11.1. The summed E-state index contributed by atoms with van der Waals surface area (Å²) in [5.74, 6) is 0.896. The van der Waals surface area contributed by atoms with Gasteiger partial charge in [-0.3, -0.25) is 5.10 Å². The number of rotatable bonds is 10. The molecule has 38 heavy (non-hydrogen) atoms. The second-order valence-corrected chi connectivity index (χ2v) is 9.65. The number of halogens is 1. The minimum atomic E-state index is -1.15. The third-order valence-corrected chi connectivity index (χ3v) is 6.65. The highest BCUT2D eigenvalue weighted by Gasteiger charge is 2.17. The molecule has 0 aliphatic carbocycles. The number of ether oxygens (including phenoxy) is 3. The van der Waals surface area contributed by atoms with E-state index in [2.05, 4.69) is 37.2 Å². The van der Waals surface area contributed by atoms with Gasteiger partial charge in [-0.25, -0.2) is 9.78 Å². The van der Waals surface area contributed by atoms with E-state index in [-0.39, 0.29) is 16.7 Å². The van der Waals surface area contributed by atoms with Gasteiger partial charge < -0.3 is 19.3 Å². The van der Waals surface area contributed by atoms with Crippen LogP contribution in [-0.4, -0.2) is 40.5 Å². The van der Waals surface area contributed by atoms with Gasteiger partial charge >= 0.3 is 5.97 Å². The molecule has 0 saturated heterocycles. The first-order chi connectivity index (χ1) is 18.4. The van der Waals surface area contributed by atoms with Crippen LogP contribution in [0.25, 0.3) is 17.5 Å². The Balaban J connectivity index is 1.60. The summed E-state index contributed by atoms with van der Waals surface area (Å²) in [6.45, 7) is 0.149. The minimum absolute atomic E-state index is 0.0147. The fourth-order valence-corrected chi connectivity index (χ4v) is 4.49. The molecule has 0 spiro atoms. The van der Waals surface area contributed by atoms with Crippen LogP contribution in [0.1, 0.15) is 16.7 Å². The molecule has 0 radical (unpaired) electrons. The normalized spacial score (nSPS) is 11.1. The summed E-state index contributed by atoms with van der Waals surface area (Å²) in [5.41, 5.74) is 2.44. The molecule has 4 rings (SSSR count). The number of nitrogens with zero attached hydrogens (tertiary/aromatic N) is 3. The van der Waals surface area contributed by atoms with Crippen LogP contribution in [0.3, 0.4) is 0 Å². The average molecular weight is 593 g/mol. The van der Waals surface area contributed by atoms with E-state index in [0.29, 0.717) is 39.8 Å². The summed E-state index contributed by atoms with van der Waals surface area (Å²) in [4.78, 5) is 16.6. The number of nitrogens with one attached hydrogen (secondary N) is 1. The Bertz CT molecular complexity index is 1520. The number of nitriles is 1. The number of methoxy groups -OCH3 is 2. The summed E-state index contributed by atoms with van der Waals surface area (Å²) in [6.07, 6.45) is 1.49. The van der Waals surface area contributed by atoms with Gasteiger partial charge in [0, 0.05) is 27.2 Å². The van der Waals surface area contributed by atoms with Gasteiger partial charge in [-0.1, -0.05) is 34.1 Å². The number of hydrogen-bond donors (Lipinski definition) is 2. The van der Waals surface area contributed by atoms with Gasteiger partial charge in [-0.05, 0) is 54.2 Å². The molecule has 0 atom stereocenters. The second-order valence-electron chi connectivity index (χ2n) is 7.72. The first-order valence-corrected chi connectivity index (χ1v) is 12.7. The predicted molar refractivity (Wildman–Crippen MR) is 146 cm³/mol. The summed E-state index contributed by atoms with van der Waals surface area (Å²) >= 11 is 4.32. The van der Waals surface area contributed by atoms with Crippen molar-refractivity contribution < 1.29 is 24.1 Å². The number of carbonyl (C=O) groups is 1. The number of H-pyrrole nitrogens is 1. The molecular formula is C27H21BrN4O5S. The lowest BCUT2D eigenvalue weighted by molar-refractivity contribution is -0.131. The smallest absolute Gasteiger partial charge is 0.342 e. The van der Waals surface area contributed by atoms with E-state index in [4.69, 9.17) is 14.2 Å². The molecule has 0 aliphatic heterocycles. The molecule has 0 amide bonds. The van der Waals surface area contributed by atoms with Gasteiger partial charge in [0.25, 0.3) is 0 Å². The van der Waals surface area contributed by atoms with E-state index < -0.39 is 5.97 Å². The summed E-state index contributed by atoms with van der Waals surface area (Å²) in [6, 6.07) is 19.8. The van der Waals surface area contributed by atoms with Gasteiger partial charge in [-0.15, -0.1) is 5.10 Å². The van der Waals surface area contributed by atoms with Crippen LogP contribution in [0, 0.1) is 11.3 Å². The number of benzene rings is 3. The van der Waals surface area contributed by atoms with Gasteiger partial charge in [0.1, 0.15) is 28.8 Å². The Hall–Kier alpha value is -4.27. The summed E-state index contributed by atoms with van der Waals surface area (Å²) in [5, 5.41) is 26.5. The molecule has 0 unspecified atom stereocenters. The molecule has 192 valence electrons. The van der Waals surface area contributed by atoms with Crippen LogP contribution in [-0.2, 0) is 11.4 Å². The van der Waals surface area contributed by atoms with Gasteiger partial charge in [0.15, 0.2) is 5.82 Å². The predicted octanol–water partition coefficient (Wildman–Crippen LogP) is 5.92. The molecule has 0 saturated carbocycles. The maximum atomic E-state index is 12.1. The Morgan fingerprint density at radius 3 is 2.55 bits per heavy atom. The minimum Gasteiger partial charge on any atom is -0.497 e. The van der Waals surface area contributed by atoms with Crippen molar-refractivity contribution in [3.05, 3.63) is 86.7 Å². The maximum absolute atomic E-state index is 12.1. The first kappa shape index (κ1) is 26.8. The van der Waals surface area contributed by atoms with E-state index in [0.717, 1.165) is 21.8 Å². The zero-order valence-corrected chi connectivity index (χ0v) is 22.7. The molecule has 0 aliphatic rings. The molecule has 9 nitrogen and oxygen atoms in total. The topological polar surface area (TPSA) is 130 Å². The Kier molecular flexibility index (Phi) is 8.68. The van der Waals surface area contributed by atoms with Crippen molar-refractivity contribution >= 4 is 39.7 Å². The van der Waals surface area contributed by atoms with E-state index >= 15 is 0 Å². The summed E-state index contributed by atoms with van der Waals surface area (Å²) in [7, 11) is 3.10.